The van der Waals surface area contributed by atoms with Gasteiger partial charge in [-0.2, -0.15) is 0 Å². The molecule has 1 aromatic heterocycles. The second-order valence-corrected chi connectivity index (χ2v) is 4.35. The number of carboxylic acid groups (broad SMARTS) is 1. The van der Waals surface area contributed by atoms with E-state index < -0.39 is 5.97 Å². The van der Waals surface area contributed by atoms with Crippen LogP contribution in [0.4, 0.5) is 0 Å². The zero-order valence-electron chi connectivity index (χ0n) is 11.1. The van der Waals surface area contributed by atoms with Crippen LogP contribution in [0, 0.1) is 11.8 Å². The van der Waals surface area contributed by atoms with Crippen molar-refractivity contribution in [3.8, 4) is 11.8 Å². The molecule has 0 saturated carbocycles. The van der Waals surface area contributed by atoms with E-state index in [0.29, 0.717) is 12.2 Å². The molecule has 1 heterocycles. The number of rotatable bonds is 8. The van der Waals surface area contributed by atoms with Gasteiger partial charge in [-0.15, -0.1) is 0 Å². The van der Waals surface area contributed by atoms with Gasteiger partial charge in [-0.3, -0.25) is 4.79 Å². The van der Waals surface area contributed by atoms with Crippen molar-refractivity contribution in [2.45, 2.75) is 44.9 Å². The molecule has 19 heavy (non-hydrogen) atoms. The van der Waals surface area contributed by atoms with Crippen molar-refractivity contribution >= 4 is 5.97 Å². The molecule has 0 aliphatic heterocycles. The number of aliphatic carboxylic acids is 1. The maximum Gasteiger partial charge on any atom is 0.303 e. The first-order valence-corrected chi connectivity index (χ1v) is 6.71. The highest BCUT2D eigenvalue weighted by Gasteiger charge is 1.95. The Labute approximate surface area is 114 Å². The maximum absolute atomic E-state index is 10.3. The Morgan fingerprint density at radius 3 is 2.79 bits per heavy atom. The fourth-order valence-electron chi connectivity index (χ4n) is 1.67. The van der Waals surface area contributed by atoms with Crippen molar-refractivity contribution in [1.29, 1.82) is 0 Å². The van der Waals surface area contributed by atoms with Crippen LogP contribution < -0.4 is 0 Å². The van der Waals surface area contributed by atoms with Crippen LogP contribution in [-0.2, 0) is 4.79 Å². The standard InChI is InChI=1S/C16H20O3/c17-16(18)13-9-7-5-3-1-2-4-6-8-11-15-12-10-14-19-15/h4,6,10,12,14H,1-3,5,7,9,13H2,(H,17,18). The molecule has 0 unspecified atom stereocenters. The Morgan fingerprint density at radius 1 is 1.26 bits per heavy atom. The normalized spacial score (nSPS) is 10.3. The smallest absolute Gasteiger partial charge is 0.303 e. The quantitative estimate of drug-likeness (QED) is 0.567. The van der Waals surface area contributed by atoms with Crippen molar-refractivity contribution in [2.24, 2.45) is 0 Å². The van der Waals surface area contributed by atoms with Gasteiger partial charge in [0.1, 0.15) is 0 Å². The van der Waals surface area contributed by atoms with Crippen molar-refractivity contribution in [1.82, 2.24) is 0 Å². The first kappa shape index (κ1) is 15.1. The molecule has 102 valence electrons. The number of furan rings is 1. The lowest BCUT2D eigenvalue weighted by Gasteiger charge is -1.97. The van der Waals surface area contributed by atoms with Crippen LogP contribution in [0.2, 0.25) is 0 Å². The van der Waals surface area contributed by atoms with Crippen LogP contribution in [0.15, 0.2) is 35.0 Å². The Balaban J connectivity index is 1.94. The Hall–Kier alpha value is -1.95. The van der Waals surface area contributed by atoms with E-state index in [1.165, 1.54) is 0 Å². The highest BCUT2D eigenvalue weighted by Crippen LogP contribution is 2.07. The van der Waals surface area contributed by atoms with Gasteiger partial charge in [0.05, 0.1) is 6.26 Å². The van der Waals surface area contributed by atoms with E-state index in [-0.39, 0.29) is 0 Å². The number of hydrogen-bond acceptors (Lipinski definition) is 2. The van der Waals surface area contributed by atoms with E-state index in [1.807, 2.05) is 18.2 Å². The summed E-state index contributed by atoms with van der Waals surface area (Å²) >= 11 is 0. The topological polar surface area (TPSA) is 50.4 Å². The van der Waals surface area contributed by atoms with Crippen LogP contribution in [0.25, 0.3) is 0 Å². The minimum Gasteiger partial charge on any atom is -0.481 e. The van der Waals surface area contributed by atoms with Crippen LogP contribution in [0.3, 0.4) is 0 Å². The minimum atomic E-state index is -0.696. The number of carboxylic acids is 1. The van der Waals surface area contributed by atoms with E-state index in [0.717, 1.165) is 38.5 Å². The lowest BCUT2D eigenvalue weighted by molar-refractivity contribution is -0.137. The predicted octanol–water partition coefficient (Wildman–Crippen LogP) is 4.00. The summed E-state index contributed by atoms with van der Waals surface area (Å²) in [4.78, 5) is 10.3. The minimum absolute atomic E-state index is 0.294. The zero-order valence-corrected chi connectivity index (χ0v) is 11.1. The van der Waals surface area contributed by atoms with Gasteiger partial charge in [-0.1, -0.05) is 31.3 Å². The van der Waals surface area contributed by atoms with Crippen LogP contribution in [0.5, 0.6) is 0 Å². The van der Waals surface area contributed by atoms with Crippen LogP contribution in [-0.4, -0.2) is 11.1 Å². The molecule has 0 amide bonds. The summed E-state index contributed by atoms with van der Waals surface area (Å²) in [5.74, 6) is 5.80. The van der Waals surface area contributed by atoms with E-state index in [1.54, 1.807) is 6.26 Å². The number of carbonyl (C=O) groups is 1. The largest absolute Gasteiger partial charge is 0.481 e. The third kappa shape index (κ3) is 8.73. The van der Waals surface area contributed by atoms with Crippen LogP contribution in [0.1, 0.15) is 50.7 Å². The molecular weight excluding hydrogens is 240 g/mol. The molecule has 0 atom stereocenters. The third-order valence-corrected chi connectivity index (χ3v) is 2.68. The summed E-state index contributed by atoms with van der Waals surface area (Å²) < 4.78 is 5.08. The van der Waals surface area contributed by atoms with Crippen molar-refractivity contribution in [3.63, 3.8) is 0 Å². The van der Waals surface area contributed by atoms with Gasteiger partial charge in [0.2, 0.25) is 0 Å². The van der Waals surface area contributed by atoms with Gasteiger partial charge >= 0.3 is 5.97 Å². The molecular formula is C16H20O3. The highest BCUT2D eigenvalue weighted by molar-refractivity contribution is 5.66. The number of allylic oxidation sites excluding steroid dienone is 2. The van der Waals surface area contributed by atoms with E-state index >= 15 is 0 Å². The first-order chi connectivity index (χ1) is 9.29. The monoisotopic (exact) mass is 260 g/mol. The summed E-state index contributed by atoms with van der Waals surface area (Å²) in [6.07, 6.45) is 12.0. The van der Waals surface area contributed by atoms with E-state index in [4.69, 9.17) is 9.52 Å². The Bertz CT molecular complexity index is 432. The Morgan fingerprint density at radius 2 is 2.05 bits per heavy atom. The lowest BCUT2D eigenvalue weighted by atomic mass is 10.1. The predicted molar refractivity (Wildman–Crippen MR) is 74.7 cm³/mol. The summed E-state index contributed by atoms with van der Waals surface area (Å²) in [5.41, 5.74) is 0. The second-order valence-electron chi connectivity index (χ2n) is 4.35. The van der Waals surface area contributed by atoms with Gasteiger partial charge in [0.25, 0.3) is 0 Å². The van der Waals surface area contributed by atoms with Gasteiger partial charge in [-0.25, -0.2) is 0 Å². The fraction of sp³-hybridized carbons (Fsp3) is 0.438. The summed E-state index contributed by atoms with van der Waals surface area (Å²) in [6.45, 7) is 0. The average Bonchev–Trinajstić information content (AvgIpc) is 2.88. The molecule has 0 bridgehead atoms. The molecule has 0 radical (unpaired) electrons. The van der Waals surface area contributed by atoms with E-state index in [9.17, 15) is 4.79 Å². The fourth-order valence-corrected chi connectivity index (χ4v) is 1.67. The number of hydrogen-bond donors (Lipinski definition) is 1. The van der Waals surface area contributed by atoms with Gasteiger partial charge in [0.15, 0.2) is 5.76 Å². The van der Waals surface area contributed by atoms with Crippen LogP contribution >= 0.6 is 0 Å². The summed E-state index contributed by atoms with van der Waals surface area (Å²) in [6, 6.07) is 3.65. The average molecular weight is 260 g/mol. The van der Waals surface area contributed by atoms with Crippen molar-refractivity contribution in [2.75, 3.05) is 0 Å². The van der Waals surface area contributed by atoms with Gasteiger partial charge < -0.3 is 9.52 Å². The van der Waals surface area contributed by atoms with Crippen molar-refractivity contribution < 1.29 is 14.3 Å². The first-order valence-electron chi connectivity index (χ1n) is 6.71. The lowest BCUT2D eigenvalue weighted by Crippen LogP contribution is -1.93. The molecule has 0 spiro atoms. The van der Waals surface area contributed by atoms with Gasteiger partial charge in [0, 0.05) is 6.42 Å². The molecule has 1 rings (SSSR count). The molecule has 0 fully saturated rings. The molecule has 1 N–H and O–H groups in total. The highest BCUT2D eigenvalue weighted by atomic mass is 16.4. The van der Waals surface area contributed by atoms with E-state index in [2.05, 4.69) is 17.9 Å². The summed E-state index contributed by atoms with van der Waals surface area (Å²) in [5, 5.41) is 8.48. The molecule has 3 heteroatoms. The molecule has 1 aromatic rings. The molecule has 3 nitrogen and oxygen atoms in total. The van der Waals surface area contributed by atoms with Crippen molar-refractivity contribution in [3.05, 3.63) is 36.3 Å². The SMILES string of the molecule is O=C(O)CCCCCCCC=CC#Cc1ccco1. The number of unbranched alkanes of at least 4 members (excludes halogenated alkanes) is 5. The zero-order chi connectivity index (χ0) is 13.8. The molecule has 0 aliphatic carbocycles. The molecule has 0 saturated heterocycles. The summed E-state index contributed by atoms with van der Waals surface area (Å²) in [7, 11) is 0. The molecule has 0 aromatic carbocycles. The molecule has 0 aliphatic rings. The van der Waals surface area contributed by atoms with Gasteiger partial charge in [-0.05, 0) is 43.4 Å². The third-order valence-electron chi connectivity index (χ3n) is 2.68. The maximum atomic E-state index is 10.3. The second kappa shape index (κ2) is 10.0. The Kier molecular flexibility index (Phi) is 7.97.